The molecule has 0 N–H and O–H groups in total. The van der Waals surface area contributed by atoms with E-state index in [9.17, 15) is 17.6 Å². The molecule has 0 heterocycles. The SMILES string of the molecule is Fc1c(OC(F)(F)F)ccc(Br)c1CBr. The number of hydrogen-bond acceptors (Lipinski definition) is 1. The summed E-state index contributed by atoms with van der Waals surface area (Å²) in [6.45, 7) is 0. The number of halogens is 6. The monoisotopic (exact) mass is 350 g/mol. The summed E-state index contributed by atoms with van der Waals surface area (Å²) in [5.41, 5.74) is 0.0803. The minimum atomic E-state index is -4.89. The molecule has 1 aromatic rings. The van der Waals surface area contributed by atoms with Gasteiger partial charge in [-0.05, 0) is 12.1 Å². The van der Waals surface area contributed by atoms with E-state index < -0.39 is 17.9 Å². The molecule has 15 heavy (non-hydrogen) atoms. The van der Waals surface area contributed by atoms with Gasteiger partial charge in [-0.15, -0.1) is 13.2 Å². The number of hydrogen-bond donors (Lipinski definition) is 0. The fourth-order valence-electron chi connectivity index (χ4n) is 0.902. The number of benzene rings is 1. The second-order valence-electron chi connectivity index (χ2n) is 2.52. The zero-order valence-corrected chi connectivity index (χ0v) is 10.2. The average molecular weight is 352 g/mol. The van der Waals surface area contributed by atoms with Crippen molar-refractivity contribution in [3.05, 3.63) is 28.0 Å². The van der Waals surface area contributed by atoms with Gasteiger partial charge in [-0.1, -0.05) is 31.9 Å². The van der Waals surface area contributed by atoms with E-state index in [1.165, 1.54) is 6.07 Å². The molecule has 7 heteroatoms. The van der Waals surface area contributed by atoms with Crippen LogP contribution in [0.4, 0.5) is 17.6 Å². The maximum Gasteiger partial charge on any atom is 0.573 e. The van der Waals surface area contributed by atoms with Crippen LogP contribution in [0.25, 0.3) is 0 Å². The highest BCUT2D eigenvalue weighted by Gasteiger charge is 2.32. The van der Waals surface area contributed by atoms with Crippen molar-refractivity contribution in [2.45, 2.75) is 11.7 Å². The zero-order chi connectivity index (χ0) is 11.6. The van der Waals surface area contributed by atoms with Crippen molar-refractivity contribution in [1.29, 1.82) is 0 Å². The van der Waals surface area contributed by atoms with E-state index in [1.807, 2.05) is 0 Å². The van der Waals surface area contributed by atoms with Crippen LogP contribution in [0.5, 0.6) is 5.75 Å². The first-order valence-electron chi connectivity index (χ1n) is 3.63. The number of ether oxygens (including phenoxy) is 1. The van der Waals surface area contributed by atoms with E-state index in [4.69, 9.17) is 0 Å². The third-order valence-corrected chi connectivity index (χ3v) is 2.81. The van der Waals surface area contributed by atoms with E-state index in [1.54, 1.807) is 0 Å². The Hall–Kier alpha value is -0.300. The Balaban J connectivity index is 3.11. The second-order valence-corrected chi connectivity index (χ2v) is 3.93. The lowest BCUT2D eigenvalue weighted by atomic mass is 10.2. The molecule has 0 aliphatic rings. The first-order valence-corrected chi connectivity index (χ1v) is 5.55. The van der Waals surface area contributed by atoms with Crippen LogP contribution in [0.2, 0.25) is 0 Å². The quantitative estimate of drug-likeness (QED) is 0.567. The van der Waals surface area contributed by atoms with Gasteiger partial charge in [0.25, 0.3) is 0 Å². The molecule has 0 saturated carbocycles. The standard InChI is InChI=1S/C8H4Br2F4O/c9-3-4-5(10)1-2-6(7(4)11)15-8(12,13)14/h1-2H,3H2. The Bertz CT molecular complexity index is 364. The minimum absolute atomic E-state index is 0.0803. The summed E-state index contributed by atoms with van der Waals surface area (Å²) in [5, 5.41) is 0.0917. The van der Waals surface area contributed by atoms with Gasteiger partial charge in [-0.2, -0.15) is 0 Å². The van der Waals surface area contributed by atoms with Crippen LogP contribution in [0.3, 0.4) is 0 Å². The van der Waals surface area contributed by atoms with Crippen molar-refractivity contribution in [3.63, 3.8) is 0 Å². The number of alkyl halides is 4. The first-order chi connectivity index (χ1) is 6.85. The first kappa shape index (κ1) is 12.8. The van der Waals surface area contributed by atoms with E-state index in [0.29, 0.717) is 4.47 Å². The Labute approximate surface area is 99.7 Å². The van der Waals surface area contributed by atoms with Crippen LogP contribution >= 0.6 is 31.9 Å². The Morgan fingerprint density at radius 1 is 1.27 bits per heavy atom. The van der Waals surface area contributed by atoms with Crippen molar-refractivity contribution in [2.75, 3.05) is 0 Å². The number of rotatable bonds is 2. The molecule has 0 unspecified atom stereocenters. The molecule has 1 rings (SSSR count). The normalized spacial score (nSPS) is 11.6. The molecule has 0 radical (unpaired) electrons. The topological polar surface area (TPSA) is 9.23 Å². The lowest BCUT2D eigenvalue weighted by Crippen LogP contribution is -2.18. The van der Waals surface area contributed by atoms with Crippen LogP contribution in [-0.2, 0) is 5.33 Å². The van der Waals surface area contributed by atoms with Gasteiger partial charge in [-0.3, -0.25) is 0 Å². The summed E-state index contributed by atoms with van der Waals surface area (Å²) in [6.07, 6.45) is -4.89. The van der Waals surface area contributed by atoms with E-state index >= 15 is 0 Å². The molecule has 0 aliphatic heterocycles. The molecular weight excluding hydrogens is 348 g/mol. The predicted octanol–water partition coefficient (Wildman–Crippen LogP) is 4.38. The van der Waals surface area contributed by atoms with Crippen LogP contribution in [0.15, 0.2) is 16.6 Å². The Morgan fingerprint density at radius 3 is 2.33 bits per heavy atom. The highest BCUT2D eigenvalue weighted by atomic mass is 79.9. The van der Waals surface area contributed by atoms with Gasteiger partial charge < -0.3 is 4.74 Å². The molecule has 84 valence electrons. The maximum absolute atomic E-state index is 13.4. The summed E-state index contributed by atoms with van der Waals surface area (Å²) in [4.78, 5) is 0. The largest absolute Gasteiger partial charge is 0.573 e. The van der Waals surface area contributed by atoms with Crippen molar-refractivity contribution in [1.82, 2.24) is 0 Å². The van der Waals surface area contributed by atoms with Crippen LogP contribution in [0, 0.1) is 5.82 Å². The Kier molecular flexibility index (Phi) is 3.99. The third kappa shape index (κ3) is 3.34. The highest BCUT2D eigenvalue weighted by molar-refractivity contribution is 9.10. The molecular formula is C8H4Br2F4O. The molecule has 0 spiro atoms. The molecule has 0 fully saturated rings. The molecule has 0 saturated heterocycles. The maximum atomic E-state index is 13.4. The third-order valence-electron chi connectivity index (χ3n) is 1.51. The van der Waals surface area contributed by atoms with Gasteiger partial charge in [0.1, 0.15) is 0 Å². The lowest BCUT2D eigenvalue weighted by Gasteiger charge is -2.11. The van der Waals surface area contributed by atoms with Gasteiger partial charge in [0.15, 0.2) is 11.6 Å². The molecule has 0 aromatic heterocycles. The van der Waals surface area contributed by atoms with Crippen LogP contribution < -0.4 is 4.74 Å². The molecule has 1 aromatic carbocycles. The summed E-state index contributed by atoms with van der Waals surface area (Å²) >= 11 is 5.98. The molecule has 0 aliphatic carbocycles. The molecule has 0 bridgehead atoms. The molecule has 0 atom stereocenters. The fraction of sp³-hybridized carbons (Fsp3) is 0.250. The highest BCUT2D eigenvalue weighted by Crippen LogP contribution is 2.32. The smallest absolute Gasteiger partial charge is 0.403 e. The van der Waals surface area contributed by atoms with Gasteiger partial charge >= 0.3 is 6.36 Å². The average Bonchev–Trinajstić information content (AvgIpc) is 2.09. The summed E-state index contributed by atoms with van der Waals surface area (Å²) in [7, 11) is 0. The summed E-state index contributed by atoms with van der Waals surface area (Å²) in [6, 6.07) is 2.21. The van der Waals surface area contributed by atoms with Crippen LogP contribution in [0.1, 0.15) is 5.56 Å². The van der Waals surface area contributed by atoms with Gasteiger partial charge in [0.2, 0.25) is 0 Å². The summed E-state index contributed by atoms with van der Waals surface area (Å²) in [5.74, 6) is -1.86. The van der Waals surface area contributed by atoms with E-state index in [0.717, 1.165) is 6.07 Å². The summed E-state index contributed by atoms with van der Waals surface area (Å²) < 4.78 is 52.8. The van der Waals surface area contributed by atoms with Crippen molar-refractivity contribution in [3.8, 4) is 5.75 Å². The zero-order valence-electron chi connectivity index (χ0n) is 7.04. The second kappa shape index (κ2) is 4.69. The van der Waals surface area contributed by atoms with Crippen molar-refractivity contribution < 1.29 is 22.3 Å². The van der Waals surface area contributed by atoms with Gasteiger partial charge in [0.05, 0.1) is 0 Å². The Morgan fingerprint density at radius 2 is 1.87 bits per heavy atom. The van der Waals surface area contributed by atoms with Gasteiger partial charge in [0, 0.05) is 15.4 Å². The van der Waals surface area contributed by atoms with Crippen LogP contribution in [-0.4, -0.2) is 6.36 Å². The van der Waals surface area contributed by atoms with Gasteiger partial charge in [-0.25, -0.2) is 4.39 Å². The van der Waals surface area contributed by atoms with Crippen molar-refractivity contribution in [2.24, 2.45) is 0 Å². The minimum Gasteiger partial charge on any atom is -0.403 e. The lowest BCUT2D eigenvalue weighted by molar-refractivity contribution is -0.275. The van der Waals surface area contributed by atoms with Crippen molar-refractivity contribution >= 4 is 31.9 Å². The van der Waals surface area contributed by atoms with E-state index in [-0.39, 0.29) is 10.9 Å². The predicted molar refractivity (Wildman–Crippen MR) is 53.4 cm³/mol. The van der Waals surface area contributed by atoms with E-state index in [2.05, 4.69) is 36.6 Å². The molecule has 1 nitrogen and oxygen atoms in total. The molecule has 0 amide bonds. The fourth-order valence-corrected chi connectivity index (χ4v) is 2.27.